The maximum Gasteiger partial charge on any atom is 0.333 e. The smallest absolute Gasteiger partial charge is 0.333 e. The highest BCUT2D eigenvalue weighted by molar-refractivity contribution is 5.91. The van der Waals surface area contributed by atoms with Crippen LogP contribution in [0.4, 0.5) is 0 Å². The van der Waals surface area contributed by atoms with E-state index in [0.717, 1.165) is 0 Å². The summed E-state index contributed by atoms with van der Waals surface area (Å²) >= 11 is 0. The molecule has 36 heavy (non-hydrogen) atoms. The second kappa shape index (κ2) is 9.13. The lowest BCUT2D eigenvalue weighted by Crippen LogP contribution is -2.29. The van der Waals surface area contributed by atoms with Crippen molar-refractivity contribution in [1.29, 1.82) is 0 Å². The highest BCUT2D eigenvalue weighted by Crippen LogP contribution is 2.60. The van der Waals surface area contributed by atoms with Crippen molar-refractivity contribution in [2.45, 2.75) is 39.9 Å². The van der Waals surface area contributed by atoms with E-state index < -0.39 is 18.2 Å². The minimum Gasteiger partial charge on any atom is -0.492 e. The van der Waals surface area contributed by atoms with Gasteiger partial charge >= 0.3 is 5.97 Å². The third kappa shape index (κ3) is 3.52. The first-order valence-corrected chi connectivity index (χ1v) is 11.9. The van der Waals surface area contributed by atoms with Gasteiger partial charge in [0.25, 0.3) is 0 Å². The monoisotopic (exact) mass is 498 g/mol. The summed E-state index contributed by atoms with van der Waals surface area (Å²) in [6.45, 7) is 7.42. The van der Waals surface area contributed by atoms with Crippen LogP contribution in [0.2, 0.25) is 0 Å². The van der Waals surface area contributed by atoms with E-state index in [1.165, 1.54) is 14.2 Å². The van der Waals surface area contributed by atoms with Crippen LogP contribution in [0.15, 0.2) is 23.8 Å². The predicted octanol–water partition coefficient (Wildman–Crippen LogP) is 4.70. The standard InChI is InChI=1S/C27H30O9/c1-7-12(2)27(29)36-22-14(4)13(3)21(28)15-8-17-23(34-10-32-17)25(30-5)19(15)20-16(22)9-18-24(26(20)31-6)35-11-33-18/h7-9,13-14,21-22,28H,10-11H2,1-6H3/b12-7-/t13-,14+,21-,22+/m1/s1. The molecule has 0 aromatic heterocycles. The number of allylic oxidation sites excluding steroid dienone is 1. The Balaban J connectivity index is 1.88. The third-order valence-electron chi connectivity index (χ3n) is 7.38. The van der Waals surface area contributed by atoms with Gasteiger partial charge in [-0.05, 0) is 37.5 Å². The fourth-order valence-corrected chi connectivity index (χ4v) is 5.05. The zero-order chi connectivity index (χ0) is 25.7. The van der Waals surface area contributed by atoms with Gasteiger partial charge < -0.3 is 38.3 Å². The summed E-state index contributed by atoms with van der Waals surface area (Å²) in [5, 5.41) is 11.6. The van der Waals surface area contributed by atoms with Crippen LogP contribution in [0.3, 0.4) is 0 Å². The number of esters is 1. The summed E-state index contributed by atoms with van der Waals surface area (Å²) in [6, 6.07) is 3.59. The fraction of sp³-hybridized carbons (Fsp3) is 0.444. The van der Waals surface area contributed by atoms with Crippen LogP contribution in [0.5, 0.6) is 34.5 Å². The van der Waals surface area contributed by atoms with Crippen molar-refractivity contribution in [2.24, 2.45) is 11.8 Å². The minimum absolute atomic E-state index is 0.0242. The molecule has 1 aliphatic carbocycles. The lowest BCUT2D eigenvalue weighted by atomic mass is 9.74. The van der Waals surface area contributed by atoms with Crippen molar-refractivity contribution < 1.29 is 43.1 Å². The van der Waals surface area contributed by atoms with Gasteiger partial charge in [0.15, 0.2) is 23.0 Å². The van der Waals surface area contributed by atoms with Gasteiger partial charge in [-0.25, -0.2) is 4.79 Å². The van der Waals surface area contributed by atoms with Crippen LogP contribution < -0.4 is 28.4 Å². The van der Waals surface area contributed by atoms with Crippen LogP contribution >= 0.6 is 0 Å². The molecule has 0 unspecified atom stereocenters. The number of benzene rings is 2. The van der Waals surface area contributed by atoms with Crippen molar-refractivity contribution in [1.82, 2.24) is 0 Å². The molecule has 0 amide bonds. The molecule has 5 rings (SSSR count). The minimum atomic E-state index is -0.939. The molecule has 0 spiro atoms. The predicted molar refractivity (Wildman–Crippen MR) is 129 cm³/mol. The Morgan fingerprint density at radius 1 is 0.917 bits per heavy atom. The number of carbonyl (C=O) groups is 1. The molecule has 0 fully saturated rings. The molecule has 0 bridgehead atoms. The van der Waals surface area contributed by atoms with E-state index in [1.807, 2.05) is 19.9 Å². The lowest BCUT2D eigenvalue weighted by molar-refractivity contribution is -0.149. The molecule has 3 aliphatic rings. The van der Waals surface area contributed by atoms with Crippen molar-refractivity contribution in [3.63, 3.8) is 0 Å². The van der Waals surface area contributed by atoms with Crippen molar-refractivity contribution >= 4 is 5.97 Å². The van der Waals surface area contributed by atoms with Crippen LogP contribution in [-0.2, 0) is 9.53 Å². The van der Waals surface area contributed by atoms with Gasteiger partial charge in [-0.2, -0.15) is 0 Å². The Hall–Kier alpha value is -3.59. The van der Waals surface area contributed by atoms with Crippen molar-refractivity contribution in [3.05, 3.63) is 34.9 Å². The van der Waals surface area contributed by atoms with E-state index in [4.69, 9.17) is 33.2 Å². The Labute approximate surface area is 209 Å². The summed E-state index contributed by atoms with van der Waals surface area (Å²) in [4.78, 5) is 13.0. The number of hydrogen-bond acceptors (Lipinski definition) is 9. The molecular weight excluding hydrogens is 468 g/mol. The molecule has 1 N–H and O–H groups in total. The molecule has 9 heteroatoms. The number of carbonyl (C=O) groups excluding carboxylic acids is 1. The van der Waals surface area contributed by atoms with Crippen molar-refractivity contribution in [2.75, 3.05) is 27.8 Å². The summed E-state index contributed by atoms with van der Waals surface area (Å²) in [5.41, 5.74) is 2.84. The highest BCUT2D eigenvalue weighted by Gasteiger charge is 2.43. The Kier molecular flexibility index (Phi) is 6.12. The molecule has 2 aliphatic heterocycles. The quantitative estimate of drug-likeness (QED) is 0.475. The van der Waals surface area contributed by atoms with E-state index in [0.29, 0.717) is 62.3 Å². The number of hydrogen-bond donors (Lipinski definition) is 1. The average molecular weight is 499 g/mol. The van der Waals surface area contributed by atoms with Gasteiger partial charge in [0, 0.05) is 28.2 Å². The second-order valence-electron chi connectivity index (χ2n) is 9.18. The summed E-state index contributed by atoms with van der Waals surface area (Å²) in [7, 11) is 3.06. The third-order valence-corrected chi connectivity index (χ3v) is 7.38. The zero-order valence-electron chi connectivity index (χ0n) is 21.2. The molecule has 2 aromatic carbocycles. The molecule has 192 valence electrons. The number of rotatable bonds is 4. The summed E-state index contributed by atoms with van der Waals surface area (Å²) in [6.07, 6.45) is 0.0262. The fourth-order valence-electron chi connectivity index (χ4n) is 5.05. The Morgan fingerprint density at radius 2 is 1.44 bits per heavy atom. The largest absolute Gasteiger partial charge is 0.492 e. The van der Waals surface area contributed by atoms with E-state index in [9.17, 15) is 9.90 Å². The summed E-state index contributed by atoms with van der Waals surface area (Å²) < 4.78 is 40.7. The van der Waals surface area contributed by atoms with Crippen LogP contribution in [-0.4, -0.2) is 38.9 Å². The van der Waals surface area contributed by atoms with E-state index in [2.05, 4.69) is 0 Å². The van der Waals surface area contributed by atoms with Gasteiger partial charge in [0.05, 0.1) is 20.3 Å². The van der Waals surface area contributed by atoms with E-state index >= 15 is 0 Å². The molecular formula is C27H30O9. The first kappa shape index (κ1) is 24.1. The average Bonchev–Trinajstić information content (AvgIpc) is 3.56. The number of ether oxygens (including phenoxy) is 7. The molecule has 9 nitrogen and oxygen atoms in total. The summed E-state index contributed by atoms with van der Waals surface area (Å²) in [5.74, 6) is 1.53. The van der Waals surface area contributed by atoms with Gasteiger partial charge in [0.2, 0.25) is 25.1 Å². The molecule has 4 atom stereocenters. The van der Waals surface area contributed by atoms with Gasteiger partial charge in [-0.3, -0.25) is 0 Å². The topological polar surface area (TPSA) is 102 Å². The van der Waals surface area contributed by atoms with E-state index in [1.54, 1.807) is 26.0 Å². The second-order valence-corrected chi connectivity index (χ2v) is 9.18. The zero-order valence-corrected chi connectivity index (χ0v) is 21.2. The van der Waals surface area contributed by atoms with Crippen LogP contribution in [0, 0.1) is 11.8 Å². The number of aliphatic hydroxyl groups is 1. The van der Waals surface area contributed by atoms with Crippen LogP contribution in [0.25, 0.3) is 11.1 Å². The lowest BCUT2D eigenvalue weighted by Gasteiger charge is -2.37. The SMILES string of the molecule is C/C=C(/C)C(=O)O[C@@H]1c2cc3c(c(OC)c2-c2c(cc4c(c2OC)OCO4)[C@H](O)[C@H](C)[C@@H]1C)OCO3. The maximum atomic E-state index is 13.0. The normalized spacial score (nSPS) is 23.8. The van der Waals surface area contributed by atoms with Gasteiger partial charge in [-0.15, -0.1) is 0 Å². The first-order valence-electron chi connectivity index (χ1n) is 11.9. The number of methoxy groups -OCH3 is 2. The van der Waals surface area contributed by atoms with Gasteiger partial charge in [-0.1, -0.05) is 19.9 Å². The first-order chi connectivity index (χ1) is 17.3. The van der Waals surface area contributed by atoms with Gasteiger partial charge in [0.1, 0.15) is 6.10 Å². The Bertz CT molecular complexity index is 1250. The molecule has 0 saturated heterocycles. The van der Waals surface area contributed by atoms with E-state index in [-0.39, 0.29) is 25.4 Å². The number of fused-ring (bicyclic) bond motifs is 5. The van der Waals surface area contributed by atoms with Crippen molar-refractivity contribution in [3.8, 4) is 45.6 Å². The molecule has 2 heterocycles. The Morgan fingerprint density at radius 3 is 1.97 bits per heavy atom. The molecule has 2 aromatic rings. The number of aliphatic hydroxyl groups excluding tert-OH is 1. The van der Waals surface area contributed by atoms with Crippen LogP contribution in [0.1, 0.15) is 51.0 Å². The maximum absolute atomic E-state index is 13.0. The molecule has 0 radical (unpaired) electrons. The molecule has 0 saturated carbocycles. The highest BCUT2D eigenvalue weighted by atomic mass is 16.7.